The van der Waals surface area contributed by atoms with Crippen molar-refractivity contribution < 1.29 is 18.0 Å². The minimum atomic E-state index is -4.47. The average Bonchev–Trinajstić information content (AvgIpc) is 3.09. The highest BCUT2D eigenvalue weighted by atomic mass is 35.5. The number of nitrogens with zero attached hydrogens (tertiary/aromatic N) is 1. The van der Waals surface area contributed by atoms with Gasteiger partial charge in [0.05, 0.1) is 5.56 Å². The molecule has 1 aliphatic heterocycles. The van der Waals surface area contributed by atoms with Gasteiger partial charge in [-0.15, -0.1) is 12.4 Å². The summed E-state index contributed by atoms with van der Waals surface area (Å²) in [5.74, 6) is -0.0645. The number of amides is 1. The predicted octanol–water partition coefficient (Wildman–Crippen LogP) is 3.85. The van der Waals surface area contributed by atoms with Gasteiger partial charge >= 0.3 is 6.18 Å². The molecule has 1 fully saturated rings. The molecule has 4 nitrogen and oxygen atoms in total. The molecule has 1 aromatic heterocycles. The van der Waals surface area contributed by atoms with Crippen molar-refractivity contribution in [2.75, 3.05) is 18.4 Å². The lowest BCUT2D eigenvalue weighted by Gasteiger charge is -2.11. The van der Waals surface area contributed by atoms with Crippen molar-refractivity contribution in [2.45, 2.75) is 18.5 Å². The minimum absolute atomic E-state index is 0. The Morgan fingerprint density at radius 3 is 2.40 bits per heavy atom. The van der Waals surface area contributed by atoms with Crippen molar-refractivity contribution in [3.63, 3.8) is 0 Å². The van der Waals surface area contributed by atoms with E-state index in [-0.39, 0.29) is 18.1 Å². The number of hydrogen-bond acceptors (Lipinski definition) is 3. The standard InChI is InChI=1S/C17H16F3N3O.ClH/c18-17(19,20)13-3-6-15(22-10-13)16(24)23-14-4-1-11(2-5-14)12-7-8-21-9-12;/h1-6,10,12,21H,7-9H2,(H,23,24);1H/t12-;/m0./s1. The lowest BCUT2D eigenvalue weighted by atomic mass is 9.98. The van der Waals surface area contributed by atoms with E-state index in [9.17, 15) is 18.0 Å². The fraction of sp³-hybridized carbons (Fsp3) is 0.294. The number of anilines is 1. The van der Waals surface area contributed by atoms with Crippen LogP contribution in [0.1, 0.15) is 34.0 Å². The topological polar surface area (TPSA) is 54.0 Å². The van der Waals surface area contributed by atoms with E-state index >= 15 is 0 Å². The van der Waals surface area contributed by atoms with Crippen LogP contribution in [-0.4, -0.2) is 24.0 Å². The van der Waals surface area contributed by atoms with Crippen molar-refractivity contribution in [2.24, 2.45) is 0 Å². The number of carbonyl (C=O) groups is 1. The maximum absolute atomic E-state index is 12.5. The Bertz CT molecular complexity index is 711. The maximum Gasteiger partial charge on any atom is 0.417 e. The number of rotatable bonds is 3. The first kappa shape index (κ1) is 19.2. The van der Waals surface area contributed by atoms with E-state index in [4.69, 9.17) is 0 Å². The van der Waals surface area contributed by atoms with Crippen LogP contribution in [0.15, 0.2) is 42.6 Å². The highest BCUT2D eigenvalue weighted by molar-refractivity contribution is 6.02. The van der Waals surface area contributed by atoms with Gasteiger partial charge in [0.2, 0.25) is 0 Å². The van der Waals surface area contributed by atoms with Gasteiger partial charge in [-0.05, 0) is 48.7 Å². The highest BCUT2D eigenvalue weighted by Crippen LogP contribution is 2.28. The molecule has 2 N–H and O–H groups in total. The zero-order chi connectivity index (χ0) is 17.2. The molecule has 2 aromatic rings. The molecular formula is C17H17ClF3N3O. The summed E-state index contributed by atoms with van der Waals surface area (Å²) in [6.45, 7) is 1.95. The third-order valence-electron chi connectivity index (χ3n) is 4.02. The van der Waals surface area contributed by atoms with Crippen LogP contribution in [0.3, 0.4) is 0 Å². The SMILES string of the molecule is Cl.O=C(Nc1ccc([C@H]2CCNC2)cc1)c1ccc(C(F)(F)F)cn1. The molecule has 2 heterocycles. The van der Waals surface area contributed by atoms with E-state index in [0.29, 0.717) is 17.8 Å². The van der Waals surface area contributed by atoms with E-state index in [1.165, 1.54) is 5.56 Å². The highest BCUT2D eigenvalue weighted by Gasteiger charge is 2.30. The number of alkyl halides is 3. The lowest BCUT2D eigenvalue weighted by Crippen LogP contribution is -2.15. The Morgan fingerprint density at radius 2 is 1.88 bits per heavy atom. The Kier molecular flexibility index (Phi) is 6.02. The number of carbonyl (C=O) groups excluding carboxylic acids is 1. The van der Waals surface area contributed by atoms with Gasteiger partial charge in [-0.2, -0.15) is 13.2 Å². The quantitative estimate of drug-likeness (QED) is 0.861. The molecule has 0 aliphatic carbocycles. The second-order valence-corrected chi connectivity index (χ2v) is 5.70. The molecule has 8 heteroatoms. The summed E-state index contributed by atoms with van der Waals surface area (Å²) >= 11 is 0. The van der Waals surface area contributed by atoms with E-state index in [1.54, 1.807) is 12.1 Å². The summed E-state index contributed by atoms with van der Waals surface area (Å²) in [5, 5.41) is 5.93. The van der Waals surface area contributed by atoms with Crippen LogP contribution in [0.25, 0.3) is 0 Å². The van der Waals surface area contributed by atoms with E-state index < -0.39 is 17.6 Å². The molecular weight excluding hydrogens is 355 g/mol. The van der Waals surface area contributed by atoms with E-state index in [1.807, 2.05) is 12.1 Å². The van der Waals surface area contributed by atoms with Gasteiger partial charge in [0, 0.05) is 18.4 Å². The number of halogens is 4. The summed E-state index contributed by atoms with van der Waals surface area (Å²) in [4.78, 5) is 15.6. The van der Waals surface area contributed by atoms with Crippen LogP contribution in [0.4, 0.5) is 18.9 Å². The molecule has 134 valence electrons. The Labute approximate surface area is 149 Å². The maximum atomic E-state index is 12.5. The molecule has 1 amide bonds. The number of hydrogen-bond donors (Lipinski definition) is 2. The fourth-order valence-electron chi connectivity index (χ4n) is 2.67. The number of aromatic nitrogens is 1. The molecule has 0 bridgehead atoms. The van der Waals surface area contributed by atoms with Gasteiger partial charge in [-0.1, -0.05) is 12.1 Å². The van der Waals surface area contributed by atoms with Gasteiger partial charge < -0.3 is 10.6 Å². The van der Waals surface area contributed by atoms with E-state index in [0.717, 1.165) is 31.6 Å². The zero-order valence-electron chi connectivity index (χ0n) is 13.1. The molecule has 1 saturated heterocycles. The normalized spacial score (nSPS) is 17.0. The summed E-state index contributed by atoms with van der Waals surface area (Å²) in [6.07, 6.45) is -2.72. The van der Waals surface area contributed by atoms with Gasteiger partial charge in [-0.3, -0.25) is 9.78 Å². The number of pyridine rings is 1. The van der Waals surface area contributed by atoms with Gasteiger partial charge in [0.1, 0.15) is 5.69 Å². The molecule has 0 radical (unpaired) electrons. The van der Waals surface area contributed by atoms with Crippen LogP contribution in [0.2, 0.25) is 0 Å². The van der Waals surface area contributed by atoms with Crippen LogP contribution >= 0.6 is 12.4 Å². The molecule has 3 rings (SSSR count). The van der Waals surface area contributed by atoms with E-state index in [2.05, 4.69) is 15.6 Å². The molecule has 1 aliphatic rings. The summed E-state index contributed by atoms with van der Waals surface area (Å²) in [7, 11) is 0. The first-order valence-corrected chi connectivity index (χ1v) is 7.59. The van der Waals surface area contributed by atoms with Crippen LogP contribution in [0, 0.1) is 0 Å². The van der Waals surface area contributed by atoms with Crippen molar-refractivity contribution in [1.82, 2.24) is 10.3 Å². The monoisotopic (exact) mass is 371 g/mol. The summed E-state index contributed by atoms with van der Waals surface area (Å²) < 4.78 is 37.5. The second-order valence-electron chi connectivity index (χ2n) is 5.70. The first-order valence-electron chi connectivity index (χ1n) is 7.59. The van der Waals surface area contributed by atoms with Crippen LogP contribution in [-0.2, 0) is 6.18 Å². The van der Waals surface area contributed by atoms with Gasteiger partial charge in [0.25, 0.3) is 5.91 Å². The van der Waals surface area contributed by atoms with Gasteiger partial charge in [0.15, 0.2) is 0 Å². The van der Waals surface area contributed by atoms with Gasteiger partial charge in [-0.25, -0.2) is 0 Å². The van der Waals surface area contributed by atoms with Crippen LogP contribution in [0.5, 0.6) is 0 Å². The molecule has 25 heavy (non-hydrogen) atoms. The Hall–Kier alpha value is -2.12. The molecule has 0 spiro atoms. The lowest BCUT2D eigenvalue weighted by molar-refractivity contribution is -0.137. The first-order chi connectivity index (χ1) is 11.4. The van der Waals surface area contributed by atoms with Crippen molar-refractivity contribution in [3.8, 4) is 0 Å². The summed E-state index contributed by atoms with van der Waals surface area (Å²) in [5.41, 5.74) is 0.836. The van der Waals surface area contributed by atoms with Crippen molar-refractivity contribution >= 4 is 24.0 Å². The third kappa shape index (κ3) is 4.70. The third-order valence-corrected chi connectivity index (χ3v) is 4.02. The van der Waals surface area contributed by atoms with Crippen molar-refractivity contribution in [3.05, 3.63) is 59.4 Å². The average molecular weight is 372 g/mol. The summed E-state index contributed by atoms with van der Waals surface area (Å²) in [6, 6.07) is 9.39. The molecule has 1 aromatic carbocycles. The smallest absolute Gasteiger partial charge is 0.321 e. The fourth-order valence-corrected chi connectivity index (χ4v) is 2.67. The molecule has 1 atom stereocenters. The number of benzene rings is 1. The Balaban J connectivity index is 0.00000225. The second kappa shape index (κ2) is 7.84. The molecule has 0 saturated carbocycles. The number of nitrogens with one attached hydrogen (secondary N) is 2. The largest absolute Gasteiger partial charge is 0.417 e. The minimum Gasteiger partial charge on any atom is -0.321 e. The molecule has 0 unspecified atom stereocenters. The van der Waals surface area contributed by atoms with Crippen molar-refractivity contribution in [1.29, 1.82) is 0 Å². The Morgan fingerprint density at radius 1 is 1.16 bits per heavy atom. The van der Waals surface area contributed by atoms with Crippen LogP contribution < -0.4 is 10.6 Å². The predicted molar refractivity (Wildman–Crippen MR) is 91.1 cm³/mol. The zero-order valence-corrected chi connectivity index (χ0v) is 14.0.